The Balaban J connectivity index is 2.08. The Morgan fingerprint density at radius 2 is 2.05 bits per heavy atom. The van der Waals surface area contributed by atoms with Crippen molar-refractivity contribution in [2.45, 2.75) is 51.5 Å². The van der Waals surface area contributed by atoms with Gasteiger partial charge in [-0.2, -0.15) is 0 Å². The highest BCUT2D eigenvalue weighted by molar-refractivity contribution is 6.31. The van der Waals surface area contributed by atoms with Crippen LogP contribution in [0.1, 0.15) is 44.6 Å². The van der Waals surface area contributed by atoms with Gasteiger partial charge in [-0.25, -0.2) is 0 Å². The number of halogens is 1. The first-order chi connectivity index (χ1) is 9.08. The summed E-state index contributed by atoms with van der Waals surface area (Å²) in [5.41, 5.74) is 8.31. The minimum absolute atomic E-state index is 0.0598. The summed E-state index contributed by atoms with van der Waals surface area (Å²) in [6.45, 7) is 5.00. The summed E-state index contributed by atoms with van der Waals surface area (Å²) >= 11 is 6.19. The van der Waals surface area contributed by atoms with E-state index < -0.39 is 0 Å². The van der Waals surface area contributed by atoms with Crippen molar-refractivity contribution in [2.24, 2.45) is 11.7 Å². The van der Waals surface area contributed by atoms with Gasteiger partial charge in [0, 0.05) is 22.8 Å². The monoisotopic (exact) mass is 280 g/mol. The van der Waals surface area contributed by atoms with Crippen molar-refractivity contribution in [3.8, 4) is 0 Å². The van der Waals surface area contributed by atoms with Crippen molar-refractivity contribution in [3.63, 3.8) is 0 Å². The highest BCUT2D eigenvalue weighted by atomic mass is 35.5. The molecule has 3 N–H and O–H groups in total. The fraction of sp³-hybridized carbons (Fsp3) is 0.625. The number of nitrogens with two attached hydrogens (primary N) is 1. The Labute approximate surface area is 121 Å². The van der Waals surface area contributed by atoms with E-state index in [1.54, 1.807) is 0 Å². The second-order valence-corrected chi connectivity index (χ2v) is 6.33. The van der Waals surface area contributed by atoms with Gasteiger partial charge in [0.15, 0.2) is 0 Å². The number of anilines is 1. The maximum atomic E-state index is 6.19. The normalized spacial score (nSPS) is 27.3. The van der Waals surface area contributed by atoms with Gasteiger partial charge in [-0.05, 0) is 56.2 Å². The lowest BCUT2D eigenvalue weighted by Crippen LogP contribution is -2.48. The number of benzene rings is 1. The van der Waals surface area contributed by atoms with E-state index in [2.05, 4.69) is 24.4 Å². The Morgan fingerprint density at radius 3 is 2.58 bits per heavy atom. The average Bonchev–Trinajstić information content (AvgIpc) is 2.44. The summed E-state index contributed by atoms with van der Waals surface area (Å²) in [6, 6.07) is 6.18. The van der Waals surface area contributed by atoms with Gasteiger partial charge < -0.3 is 11.1 Å². The van der Waals surface area contributed by atoms with Crippen molar-refractivity contribution in [1.29, 1.82) is 0 Å². The van der Waals surface area contributed by atoms with Crippen LogP contribution in [0.2, 0.25) is 5.02 Å². The van der Waals surface area contributed by atoms with Crippen LogP contribution in [0.4, 0.5) is 5.69 Å². The van der Waals surface area contributed by atoms with E-state index >= 15 is 0 Å². The fourth-order valence-corrected chi connectivity index (χ4v) is 3.18. The maximum Gasteiger partial charge on any atom is 0.0495 e. The average molecular weight is 281 g/mol. The third kappa shape index (κ3) is 3.43. The second-order valence-electron chi connectivity index (χ2n) is 5.93. The summed E-state index contributed by atoms with van der Waals surface area (Å²) in [6.07, 6.45) is 6.17. The zero-order valence-corrected chi connectivity index (χ0v) is 12.8. The predicted molar refractivity (Wildman–Crippen MR) is 83.8 cm³/mol. The summed E-state index contributed by atoms with van der Waals surface area (Å²) in [5.74, 6) is 0.878. The fourth-order valence-electron chi connectivity index (χ4n) is 3.00. The van der Waals surface area contributed by atoms with Crippen molar-refractivity contribution < 1.29 is 0 Å². The maximum absolute atomic E-state index is 6.19. The van der Waals surface area contributed by atoms with Crippen LogP contribution in [0.5, 0.6) is 0 Å². The molecule has 1 aliphatic carbocycles. The summed E-state index contributed by atoms with van der Waals surface area (Å²) in [5, 5.41) is 4.47. The number of hydrogen-bond donors (Lipinski definition) is 2. The minimum Gasteiger partial charge on any atom is -0.378 e. The lowest BCUT2D eigenvalue weighted by atomic mass is 9.75. The van der Waals surface area contributed by atoms with Gasteiger partial charge >= 0.3 is 0 Å². The molecule has 0 radical (unpaired) electrons. The third-order valence-corrected chi connectivity index (χ3v) is 5.02. The Bertz CT molecular complexity index is 423. The van der Waals surface area contributed by atoms with Gasteiger partial charge in [0.2, 0.25) is 0 Å². The molecule has 19 heavy (non-hydrogen) atoms. The molecule has 106 valence electrons. The standard InChI is InChI=1S/C16H25ClN2/c1-3-13-6-8-16(11-18,9-7-13)19-14-5-4-12(2)15(17)10-14/h4-5,10,13,19H,3,6-9,11,18H2,1-2H3. The van der Waals surface area contributed by atoms with Crippen LogP contribution in [0, 0.1) is 12.8 Å². The van der Waals surface area contributed by atoms with Gasteiger partial charge in [-0.1, -0.05) is 31.0 Å². The van der Waals surface area contributed by atoms with E-state index in [-0.39, 0.29) is 5.54 Å². The molecular weight excluding hydrogens is 256 g/mol. The van der Waals surface area contributed by atoms with E-state index in [0.29, 0.717) is 6.54 Å². The molecule has 2 rings (SSSR count). The minimum atomic E-state index is 0.0598. The first-order valence-electron chi connectivity index (χ1n) is 7.33. The van der Waals surface area contributed by atoms with E-state index in [1.807, 2.05) is 13.0 Å². The van der Waals surface area contributed by atoms with Crippen LogP contribution in [0.25, 0.3) is 0 Å². The Hall–Kier alpha value is -0.730. The van der Waals surface area contributed by atoms with Crippen molar-refractivity contribution >= 4 is 17.3 Å². The van der Waals surface area contributed by atoms with E-state index in [0.717, 1.165) is 35.0 Å². The molecule has 0 atom stereocenters. The molecule has 3 heteroatoms. The molecule has 0 aliphatic heterocycles. The first kappa shape index (κ1) is 14.7. The molecule has 0 bridgehead atoms. The zero-order chi connectivity index (χ0) is 13.9. The molecule has 1 aliphatic rings. The van der Waals surface area contributed by atoms with Gasteiger partial charge in [0.1, 0.15) is 0 Å². The van der Waals surface area contributed by atoms with Gasteiger partial charge in [-0.15, -0.1) is 0 Å². The highest BCUT2D eigenvalue weighted by Gasteiger charge is 2.33. The number of hydrogen-bond acceptors (Lipinski definition) is 2. The summed E-state index contributed by atoms with van der Waals surface area (Å²) < 4.78 is 0. The van der Waals surface area contributed by atoms with Crippen LogP contribution in [-0.4, -0.2) is 12.1 Å². The summed E-state index contributed by atoms with van der Waals surface area (Å²) in [7, 11) is 0. The molecule has 0 saturated heterocycles. The van der Waals surface area contributed by atoms with E-state index in [4.69, 9.17) is 17.3 Å². The molecule has 1 aromatic carbocycles. The number of aryl methyl sites for hydroxylation is 1. The number of rotatable bonds is 4. The predicted octanol–water partition coefficient (Wildman–Crippen LogP) is 4.36. The second kappa shape index (κ2) is 6.15. The van der Waals surface area contributed by atoms with Crippen LogP contribution >= 0.6 is 11.6 Å². The van der Waals surface area contributed by atoms with Crippen LogP contribution in [-0.2, 0) is 0 Å². The smallest absolute Gasteiger partial charge is 0.0495 e. The molecule has 1 fully saturated rings. The molecule has 1 aromatic rings. The van der Waals surface area contributed by atoms with Crippen molar-refractivity contribution in [1.82, 2.24) is 0 Å². The quantitative estimate of drug-likeness (QED) is 0.860. The molecular formula is C16H25ClN2. The molecule has 0 unspecified atom stereocenters. The largest absolute Gasteiger partial charge is 0.378 e. The molecule has 0 amide bonds. The SMILES string of the molecule is CCC1CCC(CN)(Nc2ccc(C)c(Cl)c2)CC1. The van der Waals surface area contributed by atoms with Gasteiger partial charge in [0.25, 0.3) is 0 Å². The van der Waals surface area contributed by atoms with E-state index in [9.17, 15) is 0 Å². The van der Waals surface area contributed by atoms with Crippen LogP contribution in [0.15, 0.2) is 18.2 Å². The van der Waals surface area contributed by atoms with Crippen molar-refractivity contribution in [3.05, 3.63) is 28.8 Å². The third-order valence-electron chi connectivity index (χ3n) is 4.61. The number of nitrogens with one attached hydrogen (secondary N) is 1. The lowest BCUT2D eigenvalue weighted by molar-refractivity contribution is 0.253. The topological polar surface area (TPSA) is 38.0 Å². The van der Waals surface area contributed by atoms with Crippen LogP contribution in [0.3, 0.4) is 0 Å². The van der Waals surface area contributed by atoms with Gasteiger partial charge in [-0.3, -0.25) is 0 Å². The van der Waals surface area contributed by atoms with Crippen molar-refractivity contribution in [2.75, 3.05) is 11.9 Å². The highest BCUT2D eigenvalue weighted by Crippen LogP contribution is 2.36. The molecule has 0 heterocycles. The zero-order valence-electron chi connectivity index (χ0n) is 12.0. The molecule has 1 saturated carbocycles. The summed E-state index contributed by atoms with van der Waals surface area (Å²) in [4.78, 5) is 0. The molecule has 2 nitrogen and oxygen atoms in total. The van der Waals surface area contributed by atoms with E-state index in [1.165, 1.54) is 19.3 Å². The van der Waals surface area contributed by atoms with Gasteiger partial charge in [0.05, 0.1) is 0 Å². The van der Waals surface area contributed by atoms with Crippen LogP contribution < -0.4 is 11.1 Å². The molecule has 0 spiro atoms. The Kier molecular flexibility index (Phi) is 4.75. The first-order valence-corrected chi connectivity index (χ1v) is 7.71. The Morgan fingerprint density at radius 1 is 1.37 bits per heavy atom. The lowest BCUT2D eigenvalue weighted by Gasteiger charge is -2.41. The molecule has 0 aromatic heterocycles.